The molecule has 0 fully saturated rings. The van der Waals surface area contributed by atoms with E-state index in [1.165, 1.54) is 4.90 Å². The molecule has 0 aliphatic carbocycles. The van der Waals surface area contributed by atoms with Gasteiger partial charge in [0.25, 0.3) is 0 Å². The Hall–Kier alpha value is -1.12. The molecule has 0 aliphatic heterocycles. The molecular formula is C12H21NO2. The second-order valence-electron chi connectivity index (χ2n) is 3.78. The highest BCUT2D eigenvalue weighted by molar-refractivity contribution is 5.97. The van der Waals surface area contributed by atoms with Gasteiger partial charge in [0.15, 0.2) is 0 Å². The molecule has 15 heavy (non-hydrogen) atoms. The Morgan fingerprint density at radius 1 is 1.20 bits per heavy atom. The minimum absolute atomic E-state index is 0.0404. The van der Waals surface area contributed by atoms with Gasteiger partial charge in [0, 0.05) is 20.5 Å². The van der Waals surface area contributed by atoms with E-state index in [-0.39, 0.29) is 18.1 Å². The molecule has 0 heterocycles. The Kier molecular flexibility index (Phi) is 7.60. The van der Waals surface area contributed by atoms with Gasteiger partial charge in [-0.25, -0.2) is 0 Å². The monoisotopic (exact) mass is 211 g/mol. The fraction of sp³-hybridized carbons (Fsp3) is 0.667. The Balaban J connectivity index is 3.58. The van der Waals surface area contributed by atoms with Crippen LogP contribution in [0, 0.1) is 0 Å². The number of rotatable bonds is 7. The predicted molar refractivity (Wildman–Crippen MR) is 61.6 cm³/mol. The van der Waals surface area contributed by atoms with Gasteiger partial charge in [-0.2, -0.15) is 0 Å². The molecule has 0 bridgehead atoms. The molecule has 86 valence electrons. The fourth-order valence-corrected chi connectivity index (χ4v) is 1.12. The highest BCUT2D eigenvalue weighted by Crippen LogP contribution is 2.02. The zero-order valence-corrected chi connectivity index (χ0v) is 9.95. The number of carbonyl (C=O) groups excluding carboxylic acids is 2. The summed E-state index contributed by atoms with van der Waals surface area (Å²) >= 11 is 0. The van der Waals surface area contributed by atoms with Crippen molar-refractivity contribution in [3.8, 4) is 0 Å². The van der Waals surface area contributed by atoms with Gasteiger partial charge in [0.05, 0.1) is 6.42 Å². The minimum Gasteiger partial charge on any atom is -0.348 e. The summed E-state index contributed by atoms with van der Waals surface area (Å²) in [6, 6.07) is 0. The number of amides is 1. The molecule has 3 nitrogen and oxygen atoms in total. The maximum absolute atomic E-state index is 11.3. The number of allylic oxidation sites excluding steroid dienone is 2. The number of carbonyl (C=O) groups is 2. The summed E-state index contributed by atoms with van der Waals surface area (Å²) in [5.74, 6) is -0.0669. The zero-order chi connectivity index (χ0) is 11.7. The molecule has 0 N–H and O–H groups in total. The lowest BCUT2D eigenvalue weighted by atomic mass is 10.1. The van der Waals surface area contributed by atoms with E-state index in [1.807, 2.05) is 0 Å². The van der Waals surface area contributed by atoms with Crippen LogP contribution < -0.4 is 0 Å². The predicted octanol–water partition coefficient (Wildman–Crippen LogP) is 2.17. The molecule has 0 aromatic heterocycles. The number of unbranched alkanes of at least 4 members (excludes halogenated alkanes) is 1. The minimum atomic E-state index is -0.107. The van der Waals surface area contributed by atoms with Crippen LogP contribution in [0.25, 0.3) is 0 Å². The van der Waals surface area contributed by atoms with Gasteiger partial charge in [0.2, 0.25) is 5.91 Å². The Bertz CT molecular complexity index is 232. The van der Waals surface area contributed by atoms with E-state index in [2.05, 4.69) is 19.1 Å². The third-order valence-corrected chi connectivity index (χ3v) is 2.08. The lowest BCUT2D eigenvalue weighted by Gasteiger charge is -2.08. The Morgan fingerprint density at radius 3 is 2.40 bits per heavy atom. The second kappa shape index (κ2) is 8.21. The molecule has 0 aromatic carbocycles. The number of Topliss-reactive ketones (excluding diaryl/α,β-unsaturated/α-hetero) is 1. The summed E-state index contributed by atoms with van der Waals surface area (Å²) in [7, 11) is 3.33. The van der Waals surface area contributed by atoms with Crippen LogP contribution in [0.4, 0.5) is 0 Å². The largest absolute Gasteiger partial charge is 0.348 e. The molecule has 0 saturated heterocycles. The molecule has 0 unspecified atom stereocenters. The van der Waals surface area contributed by atoms with E-state index in [0.717, 1.165) is 19.3 Å². The number of nitrogens with zero attached hydrogens (tertiary/aromatic N) is 1. The third-order valence-electron chi connectivity index (χ3n) is 2.08. The van der Waals surface area contributed by atoms with Crippen LogP contribution in [0.1, 0.15) is 39.0 Å². The summed E-state index contributed by atoms with van der Waals surface area (Å²) in [5.41, 5.74) is 0. The summed E-state index contributed by atoms with van der Waals surface area (Å²) in [5, 5.41) is 0. The first-order valence-corrected chi connectivity index (χ1v) is 5.44. The molecule has 1 amide bonds. The first-order chi connectivity index (χ1) is 7.07. The maximum atomic E-state index is 11.3. The maximum Gasteiger partial charge on any atom is 0.229 e. The molecule has 0 radical (unpaired) electrons. The highest BCUT2D eigenvalue weighted by Gasteiger charge is 2.09. The van der Waals surface area contributed by atoms with E-state index in [4.69, 9.17) is 0 Å². The molecule has 0 aliphatic rings. The van der Waals surface area contributed by atoms with E-state index < -0.39 is 0 Å². The molecule has 3 heteroatoms. The van der Waals surface area contributed by atoms with Crippen molar-refractivity contribution in [3.63, 3.8) is 0 Å². The van der Waals surface area contributed by atoms with Crippen molar-refractivity contribution < 1.29 is 9.59 Å². The quantitative estimate of drug-likeness (QED) is 0.367. The van der Waals surface area contributed by atoms with Crippen molar-refractivity contribution >= 4 is 11.7 Å². The molecule has 0 saturated carbocycles. The highest BCUT2D eigenvalue weighted by atomic mass is 16.2. The van der Waals surface area contributed by atoms with Gasteiger partial charge in [-0.1, -0.05) is 19.1 Å². The van der Waals surface area contributed by atoms with Gasteiger partial charge in [-0.15, -0.1) is 0 Å². The van der Waals surface area contributed by atoms with Crippen LogP contribution in [0.5, 0.6) is 0 Å². The van der Waals surface area contributed by atoms with Gasteiger partial charge in [0.1, 0.15) is 5.78 Å². The number of hydrogen-bond donors (Lipinski definition) is 0. The number of hydrogen-bond acceptors (Lipinski definition) is 2. The molecule has 0 spiro atoms. The normalized spacial score (nSPS) is 10.6. The summed E-state index contributed by atoms with van der Waals surface area (Å²) in [4.78, 5) is 24.0. The summed E-state index contributed by atoms with van der Waals surface area (Å²) in [6.45, 7) is 2.08. The fourth-order valence-electron chi connectivity index (χ4n) is 1.12. The smallest absolute Gasteiger partial charge is 0.229 e. The average molecular weight is 211 g/mol. The Labute approximate surface area is 92.1 Å². The van der Waals surface area contributed by atoms with E-state index in [0.29, 0.717) is 6.42 Å². The van der Waals surface area contributed by atoms with Crippen molar-refractivity contribution in [2.45, 2.75) is 39.0 Å². The van der Waals surface area contributed by atoms with Gasteiger partial charge in [-0.3, -0.25) is 9.59 Å². The van der Waals surface area contributed by atoms with Crippen molar-refractivity contribution in [1.29, 1.82) is 0 Å². The summed E-state index contributed by atoms with van der Waals surface area (Å²) < 4.78 is 0. The van der Waals surface area contributed by atoms with Crippen LogP contribution in [0.15, 0.2) is 12.2 Å². The molecule has 0 rings (SSSR count). The van der Waals surface area contributed by atoms with E-state index in [1.54, 1.807) is 14.1 Å². The van der Waals surface area contributed by atoms with E-state index >= 15 is 0 Å². The second-order valence-corrected chi connectivity index (χ2v) is 3.78. The summed E-state index contributed by atoms with van der Waals surface area (Å²) in [6.07, 6.45) is 7.54. The number of ketones is 1. The van der Waals surface area contributed by atoms with Crippen molar-refractivity contribution in [2.75, 3.05) is 14.1 Å². The van der Waals surface area contributed by atoms with Crippen molar-refractivity contribution in [2.24, 2.45) is 0 Å². The lowest BCUT2D eigenvalue weighted by Crippen LogP contribution is -2.24. The topological polar surface area (TPSA) is 37.4 Å². The van der Waals surface area contributed by atoms with Crippen LogP contribution in [-0.4, -0.2) is 30.7 Å². The van der Waals surface area contributed by atoms with Crippen molar-refractivity contribution in [3.05, 3.63) is 12.2 Å². The third kappa shape index (κ3) is 7.91. The van der Waals surface area contributed by atoms with E-state index in [9.17, 15) is 9.59 Å². The lowest BCUT2D eigenvalue weighted by molar-refractivity contribution is -0.133. The van der Waals surface area contributed by atoms with Gasteiger partial charge in [-0.05, 0) is 19.3 Å². The van der Waals surface area contributed by atoms with Gasteiger partial charge < -0.3 is 4.90 Å². The van der Waals surface area contributed by atoms with Crippen LogP contribution in [-0.2, 0) is 9.59 Å². The van der Waals surface area contributed by atoms with Crippen LogP contribution in [0.2, 0.25) is 0 Å². The first-order valence-electron chi connectivity index (χ1n) is 5.44. The standard InChI is InChI=1S/C12H21NO2/c1-4-5-6-7-8-9-11(14)10-12(15)13(2)3/h5-6H,4,7-10H2,1-3H3. The van der Waals surface area contributed by atoms with Crippen LogP contribution >= 0.6 is 0 Å². The zero-order valence-electron chi connectivity index (χ0n) is 9.95. The average Bonchev–Trinajstić information content (AvgIpc) is 2.17. The SMILES string of the molecule is CCC=CCCCC(=O)CC(=O)N(C)C. The van der Waals surface area contributed by atoms with Gasteiger partial charge >= 0.3 is 0 Å². The molecule has 0 aromatic rings. The van der Waals surface area contributed by atoms with Crippen LogP contribution in [0.3, 0.4) is 0 Å². The molecular weight excluding hydrogens is 190 g/mol. The first kappa shape index (κ1) is 13.9. The van der Waals surface area contributed by atoms with Crippen molar-refractivity contribution in [1.82, 2.24) is 4.90 Å². The Morgan fingerprint density at radius 2 is 1.87 bits per heavy atom. The molecule has 0 atom stereocenters.